The van der Waals surface area contributed by atoms with Gasteiger partial charge in [-0.15, -0.1) is 0 Å². The fourth-order valence-corrected chi connectivity index (χ4v) is 2.80. The number of piperidine rings is 1. The van der Waals surface area contributed by atoms with E-state index in [1.807, 2.05) is 0 Å². The van der Waals surface area contributed by atoms with Crippen LogP contribution in [0.2, 0.25) is 0 Å². The Morgan fingerprint density at radius 3 is 2.72 bits per heavy atom. The Morgan fingerprint density at radius 2 is 2.06 bits per heavy atom. The van der Waals surface area contributed by atoms with Gasteiger partial charge in [0, 0.05) is 19.6 Å². The van der Waals surface area contributed by atoms with Crippen LogP contribution >= 0.6 is 0 Å². The van der Waals surface area contributed by atoms with Gasteiger partial charge in [-0.1, -0.05) is 25.1 Å². The van der Waals surface area contributed by atoms with Gasteiger partial charge >= 0.3 is 0 Å². The Kier molecular flexibility index (Phi) is 4.41. The zero-order valence-corrected chi connectivity index (χ0v) is 11.8. The third kappa shape index (κ3) is 3.12. The Bertz CT molecular complexity index is 402. The van der Waals surface area contributed by atoms with Gasteiger partial charge in [-0.3, -0.25) is 4.90 Å². The number of rotatable bonds is 3. The Hall–Kier alpha value is -0.860. The van der Waals surface area contributed by atoms with Crippen LogP contribution in [0.3, 0.4) is 0 Å². The highest BCUT2D eigenvalue weighted by Gasteiger charge is 2.26. The lowest BCUT2D eigenvalue weighted by Gasteiger charge is -2.35. The molecule has 2 rings (SSSR count). The summed E-state index contributed by atoms with van der Waals surface area (Å²) in [6, 6.07) is 6.73. The minimum absolute atomic E-state index is 0.0917. The first-order valence-corrected chi connectivity index (χ1v) is 7.06. The maximum absolute atomic E-state index is 9.91. The Balaban J connectivity index is 1.99. The van der Waals surface area contributed by atoms with Crippen LogP contribution in [0.15, 0.2) is 18.2 Å². The van der Waals surface area contributed by atoms with E-state index in [1.54, 1.807) is 0 Å². The van der Waals surface area contributed by atoms with Gasteiger partial charge in [0.1, 0.15) is 0 Å². The molecule has 0 aliphatic carbocycles. The summed E-state index contributed by atoms with van der Waals surface area (Å²) in [7, 11) is 0. The van der Waals surface area contributed by atoms with Crippen molar-refractivity contribution < 1.29 is 5.11 Å². The van der Waals surface area contributed by atoms with Crippen molar-refractivity contribution in [1.29, 1.82) is 0 Å². The number of hydrogen-bond donors (Lipinski definition) is 1. The fourth-order valence-electron chi connectivity index (χ4n) is 2.80. The predicted octanol–water partition coefficient (Wildman–Crippen LogP) is 2.90. The minimum Gasteiger partial charge on any atom is -0.393 e. The van der Waals surface area contributed by atoms with Crippen molar-refractivity contribution in [3.05, 3.63) is 34.9 Å². The molecule has 1 aliphatic heterocycles. The van der Waals surface area contributed by atoms with Crippen LogP contribution < -0.4 is 0 Å². The van der Waals surface area contributed by atoms with E-state index in [0.29, 0.717) is 5.92 Å². The maximum Gasteiger partial charge on any atom is 0.0592 e. The minimum atomic E-state index is -0.0917. The van der Waals surface area contributed by atoms with Gasteiger partial charge in [0.25, 0.3) is 0 Å². The summed E-state index contributed by atoms with van der Waals surface area (Å²) in [6.07, 6.45) is 1.90. The molecule has 2 nitrogen and oxygen atoms in total. The van der Waals surface area contributed by atoms with Gasteiger partial charge in [0.2, 0.25) is 0 Å². The monoisotopic (exact) mass is 247 g/mol. The molecule has 0 spiro atoms. The van der Waals surface area contributed by atoms with E-state index in [4.69, 9.17) is 0 Å². The standard InChI is InChI=1S/C16H25NO/c1-4-15-11-17(8-7-16(15)18)10-14-6-5-12(2)13(3)9-14/h5-6,9,15-16,18H,4,7-8,10-11H2,1-3H3. The van der Waals surface area contributed by atoms with Crippen molar-refractivity contribution in [3.8, 4) is 0 Å². The van der Waals surface area contributed by atoms with Crippen molar-refractivity contribution in [2.75, 3.05) is 13.1 Å². The molecule has 2 atom stereocenters. The van der Waals surface area contributed by atoms with Crippen molar-refractivity contribution in [2.45, 2.75) is 46.3 Å². The number of aliphatic hydroxyl groups is 1. The second kappa shape index (κ2) is 5.85. The first-order valence-electron chi connectivity index (χ1n) is 7.06. The summed E-state index contributed by atoms with van der Waals surface area (Å²) in [6.45, 7) is 9.57. The van der Waals surface area contributed by atoms with Crippen LogP contribution in [0.4, 0.5) is 0 Å². The first-order chi connectivity index (χ1) is 8.60. The Morgan fingerprint density at radius 1 is 1.28 bits per heavy atom. The van der Waals surface area contributed by atoms with Gasteiger partial charge in [0.05, 0.1) is 6.10 Å². The number of benzene rings is 1. The van der Waals surface area contributed by atoms with E-state index >= 15 is 0 Å². The van der Waals surface area contributed by atoms with E-state index in [2.05, 4.69) is 43.9 Å². The number of aryl methyl sites for hydroxylation is 2. The quantitative estimate of drug-likeness (QED) is 0.888. The van der Waals surface area contributed by atoms with Crippen molar-refractivity contribution >= 4 is 0 Å². The highest BCUT2D eigenvalue weighted by molar-refractivity contribution is 5.29. The summed E-state index contributed by atoms with van der Waals surface area (Å²) in [4.78, 5) is 2.48. The smallest absolute Gasteiger partial charge is 0.0592 e. The van der Waals surface area contributed by atoms with E-state index in [9.17, 15) is 5.11 Å². The molecule has 1 aliphatic rings. The van der Waals surface area contributed by atoms with Crippen LogP contribution in [0, 0.1) is 19.8 Å². The fraction of sp³-hybridized carbons (Fsp3) is 0.625. The van der Waals surface area contributed by atoms with Crippen molar-refractivity contribution in [2.24, 2.45) is 5.92 Å². The number of nitrogens with zero attached hydrogens (tertiary/aromatic N) is 1. The van der Waals surface area contributed by atoms with Crippen LogP contribution in [-0.2, 0) is 6.54 Å². The molecule has 0 bridgehead atoms. The van der Waals surface area contributed by atoms with Crippen LogP contribution in [0.5, 0.6) is 0 Å². The zero-order chi connectivity index (χ0) is 13.1. The lowest BCUT2D eigenvalue weighted by Crippen LogP contribution is -2.42. The van der Waals surface area contributed by atoms with Crippen LogP contribution in [-0.4, -0.2) is 29.2 Å². The molecule has 2 unspecified atom stereocenters. The summed E-state index contributed by atoms with van der Waals surface area (Å²) in [5.41, 5.74) is 4.13. The van der Waals surface area contributed by atoms with Crippen molar-refractivity contribution in [3.63, 3.8) is 0 Å². The number of hydrogen-bond acceptors (Lipinski definition) is 2. The molecule has 100 valence electrons. The van der Waals surface area contributed by atoms with E-state index in [0.717, 1.165) is 32.5 Å². The van der Waals surface area contributed by atoms with Gasteiger partial charge in [-0.05, 0) is 49.3 Å². The second-order valence-electron chi connectivity index (χ2n) is 5.68. The van der Waals surface area contributed by atoms with Gasteiger partial charge in [-0.25, -0.2) is 0 Å². The SMILES string of the molecule is CCC1CN(Cc2ccc(C)c(C)c2)CCC1O. The molecule has 0 radical (unpaired) electrons. The average molecular weight is 247 g/mol. The molecular weight excluding hydrogens is 222 g/mol. The maximum atomic E-state index is 9.91. The van der Waals surface area contributed by atoms with Crippen LogP contribution in [0.1, 0.15) is 36.5 Å². The summed E-state index contributed by atoms with van der Waals surface area (Å²) in [5, 5.41) is 9.91. The molecule has 1 fully saturated rings. The van der Waals surface area contributed by atoms with Gasteiger partial charge < -0.3 is 5.11 Å². The molecule has 0 aromatic heterocycles. The number of aliphatic hydroxyl groups excluding tert-OH is 1. The van der Waals surface area contributed by atoms with E-state index < -0.39 is 0 Å². The highest BCUT2D eigenvalue weighted by atomic mass is 16.3. The molecule has 18 heavy (non-hydrogen) atoms. The van der Waals surface area contributed by atoms with E-state index in [1.165, 1.54) is 16.7 Å². The first kappa shape index (κ1) is 13.6. The molecule has 1 heterocycles. The summed E-state index contributed by atoms with van der Waals surface area (Å²) >= 11 is 0. The van der Waals surface area contributed by atoms with Crippen molar-refractivity contribution in [1.82, 2.24) is 4.90 Å². The van der Waals surface area contributed by atoms with E-state index in [-0.39, 0.29) is 6.10 Å². The third-order valence-electron chi connectivity index (χ3n) is 4.28. The lowest BCUT2D eigenvalue weighted by atomic mass is 9.92. The van der Waals surface area contributed by atoms with Gasteiger partial charge in [-0.2, -0.15) is 0 Å². The largest absolute Gasteiger partial charge is 0.393 e. The molecule has 1 saturated heterocycles. The predicted molar refractivity (Wildman–Crippen MR) is 75.6 cm³/mol. The molecule has 0 amide bonds. The second-order valence-corrected chi connectivity index (χ2v) is 5.68. The summed E-state index contributed by atoms with van der Waals surface area (Å²) < 4.78 is 0. The molecule has 1 aromatic rings. The molecular formula is C16H25NO. The molecule has 0 saturated carbocycles. The Labute approximate surface area is 111 Å². The molecule has 1 aromatic carbocycles. The zero-order valence-electron chi connectivity index (χ0n) is 11.8. The molecule has 2 heteroatoms. The average Bonchev–Trinajstić information content (AvgIpc) is 2.36. The molecule has 1 N–H and O–H groups in total. The van der Waals surface area contributed by atoms with Crippen LogP contribution in [0.25, 0.3) is 0 Å². The highest BCUT2D eigenvalue weighted by Crippen LogP contribution is 2.22. The van der Waals surface area contributed by atoms with Gasteiger partial charge in [0.15, 0.2) is 0 Å². The number of likely N-dealkylation sites (tertiary alicyclic amines) is 1. The normalized spacial score (nSPS) is 25.3. The lowest BCUT2D eigenvalue weighted by molar-refractivity contribution is 0.0222. The topological polar surface area (TPSA) is 23.5 Å². The third-order valence-corrected chi connectivity index (χ3v) is 4.28. The summed E-state index contributed by atoms with van der Waals surface area (Å²) in [5.74, 6) is 0.449.